The molecule has 0 unspecified atom stereocenters. The number of anilines is 1. The number of nitrogens with zero attached hydrogens (tertiary/aromatic N) is 3. The Morgan fingerprint density at radius 3 is 2.74 bits per heavy atom. The number of halogens is 2. The lowest BCUT2D eigenvalue weighted by Crippen LogP contribution is -2.29. The summed E-state index contributed by atoms with van der Waals surface area (Å²) in [5, 5.41) is 8.76. The molecule has 1 fully saturated rings. The minimum absolute atomic E-state index is 0.0117. The molecule has 1 aliphatic heterocycles. The van der Waals surface area contributed by atoms with Crippen LogP contribution in [-0.4, -0.2) is 27.0 Å². The Bertz CT molecular complexity index is 1090. The SMILES string of the molecule is O=C(NCc1noc([C@@H]2CCC(=O)N2Cc2ccccc2)n1)Nc1ccc(F)c(F)c1. The Morgan fingerprint density at radius 2 is 1.97 bits per heavy atom. The molecule has 160 valence electrons. The topological polar surface area (TPSA) is 100 Å². The Kier molecular flexibility index (Phi) is 5.87. The van der Waals surface area contributed by atoms with E-state index in [2.05, 4.69) is 20.8 Å². The second-order valence-electron chi connectivity index (χ2n) is 7.05. The highest BCUT2D eigenvalue weighted by Gasteiger charge is 2.35. The van der Waals surface area contributed by atoms with E-state index in [1.165, 1.54) is 6.07 Å². The predicted octanol–water partition coefficient (Wildman–Crippen LogP) is 3.53. The van der Waals surface area contributed by atoms with Crippen LogP contribution < -0.4 is 10.6 Å². The molecule has 2 heterocycles. The molecule has 4 rings (SSSR count). The van der Waals surface area contributed by atoms with Crippen LogP contribution in [0.1, 0.15) is 36.2 Å². The molecular formula is C21H19F2N5O3. The number of carbonyl (C=O) groups excluding carboxylic acids is 2. The van der Waals surface area contributed by atoms with Gasteiger partial charge in [-0.2, -0.15) is 4.98 Å². The zero-order valence-corrected chi connectivity index (χ0v) is 16.3. The Labute approximate surface area is 176 Å². The highest BCUT2D eigenvalue weighted by atomic mass is 19.2. The van der Waals surface area contributed by atoms with Crippen molar-refractivity contribution in [3.63, 3.8) is 0 Å². The van der Waals surface area contributed by atoms with Gasteiger partial charge in [-0.25, -0.2) is 13.6 Å². The van der Waals surface area contributed by atoms with Gasteiger partial charge in [-0.1, -0.05) is 35.5 Å². The van der Waals surface area contributed by atoms with Crippen molar-refractivity contribution in [1.29, 1.82) is 0 Å². The molecule has 1 aliphatic rings. The van der Waals surface area contributed by atoms with E-state index in [1.54, 1.807) is 4.90 Å². The number of likely N-dealkylation sites (tertiary alicyclic amines) is 1. The van der Waals surface area contributed by atoms with E-state index in [1.807, 2.05) is 30.3 Å². The maximum absolute atomic E-state index is 13.2. The average Bonchev–Trinajstić information content (AvgIpc) is 3.37. The standard InChI is InChI=1S/C21H19F2N5O3/c22-15-7-6-14(10-16(15)23)25-21(30)24-11-18-26-20(31-27-18)17-8-9-19(29)28(17)12-13-4-2-1-3-5-13/h1-7,10,17H,8-9,11-12H2,(H2,24,25,30)/t17-/m0/s1. The molecule has 1 atom stereocenters. The highest BCUT2D eigenvalue weighted by molar-refractivity contribution is 5.89. The molecule has 3 amide bonds. The Balaban J connectivity index is 1.35. The lowest BCUT2D eigenvalue weighted by Gasteiger charge is -2.22. The summed E-state index contributed by atoms with van der Waals surface area (Å²) in [7, 11) is 0. The molecule has 0 saturated carbocycles. The monoisotopic (exact) mass is 427 g/mol. The third-order valence-corrected chi connectivity index (χ3v) is 4.88. The summed E-state index contributed by atoms with van der Waals surface area (Å²) in [5.41, 5.74) is 1.10. The number of benzene rings is 2. The van der Waals surface area contributed by atoms with Gasteiger partial charge in [0.25, 0.3) is 0 Å². The lowest BCUT2D eigenvalue weighted by molar-refractivity contribution is -0.130. The fourth-order valence-corrected chi connectivity index (χ4v) is 3.35. The Morgan fingerprint density at radius 1 is 1.16 bits per heavy atom. The summed E-state index contributed by atoms with van der Waals surface area (Å²) >= 11 is 0. The van der Waals surface area contributed by atoms with Crippen molar-refractivity contribution in [2.75, 3.05) is 5.32 Å². The van der Waals surface area contributed by atoms with Crippen LogP contribution in [0.4, 0.5) is 19.3 Å². The van der Waals surface area contributed by atoms with Crippen molar-refractivity contribution < 1.29 is 22.9 Å². The number of aromatic nitrogens is 2. The van der Waals surface area contributed by atoms with Gasteiger partial charge in [0, 0.05) is 24.7 Å². The van der Waals surface area contributed by atoms with Gasteiger partial charge < -0.3 is 20.1 Å². The van der Waals surface area contributed by atoms with Gasteiger partial charge in [-0.15, -0.1) is 0 Å². The van der Waals surface area contributed by atoms with Crippen LogP contribution in [0, 0.1) is 11.6 Å². The lowest BCUT2D eigenvalue weighted by atomic mass is 10.2. The van der Waals surface area contributed by atoms with Crippen LogP contribution >= 0.6 is 0 Å². The summed E-state index contributed by atoms with van der Waals surface area (Å²) in [5.74, 6) is -1.52. The molecular weight excluding hydrogens is 408 g/mol. The molecule has 8 nitrogen and oxygen atoms in total. The third-order valence-electron chi connectivity index (χ3n) is 4.88. The normalized spacial score (nSPS) is 15.9. The van der Waals surface area contributed by atoms with E-state index in [4.69, 9.17) is 4.52 Å². The number of hydrogen-bond donors (Lipinski definition) is 2. The van der Waals surface area contributed by atoms with Crippen molar-refractivity contribution in [3.8, 4) is 0 Å². The maximum atomic E-state index is 13.2. The van der Waals surface area contributed by atoms with E-state index in [0.717, 1.165) is 17.7 Å². The second-order valence-corrected chi connectivity index (χ2v) is 7.05. The van der Waals surface area contributed by atoms with Gasteiger partial charge in [-0.3, -0.25) is 4.79 Å². The first kappa shape index (κ1) is 20.5. The first-order valence-corrected chi connectivity index (χ1v) is 9.65. The van der Waals surface area contributed by atoms with Crippen LogP contribution in [0.2, 0.25) is 0 Å². The van der Waals surface area contributed by atoms with E-state index in [9.17, 15) is 18.4 Å². The van der Waals surface area contributed by atoms with Crippen LogP contribution in [-0.2, 0) is 17.9 Å². The molecule has 2 aromatic carbocycles. The van der Waals surface area contributed by atoms with Crippen LogP contribution in [0.25, 0.3) is 0 Å². The van der Waals surface area contributed by atoms with Gasteiger partial charge in [0.15, 0.2) is 17.5 Å². The molecule has 0 radical (unpaired) electrons. The number of carbonyl (C=O) groups is 2. The summed E-state index contributed by atoms with van der Waals surface area (Å²) in [6, 6.07) is 11.7. The van der Waals surface area contributed by atoms with E-state index in [0.29, 0.717) is 25.3 Å². The van der Waals surface area contributed by atoms with Crippen molar-refractivity contribution in [3.05, 3.63) is 77.4 Å². The average molecular weight is 427 g/mol. The predicted molar refractivity (Wildman–Crippen MR) is 105 cm³/mol. The minimum atomic E-state index is -1.06. The molecule has 0 aliphatic carbocycles. The molecule has 31 heavy (non-hydrogen) atoms. The minimum Gasteiger partial charge on any atom is -0.337 e. The van der Waals surface area contributed by atoms with Crippen LogP contribution in [0.5, 0.6) is 0 Å². The van der Waals surface area contributed by atoms with Gasteiger partial charge in [0.2, 0.25) is 11.8 Å². The number of rotatable bonds is 6. The fourth-order valence-electron chi connectivity index (χ4n) is 3.35. The van der Waals surface area contributed by atoms with Gasteiger partial charge in [0.05, 0.1) is 6.54 Å². The van der Waals surface area contributed by atoms with Gasteiger partial charge in [-0.05, 0) is 24.1 Å². The number of amides is 3. The van der Waals surface area contributed by atoms with Gasteiger partial charge >= 0.3 is 6.03 Å². The third kappa shape index (κ3) is 4.85. The van der Waals surface area contributed by atoms with Crippen molar-refractivity contribution >= 4 is 17.6 Å². The molecule has 2 N–H and O–H groups in total. The summed E-state index contributed by atoms with van der Waals surface area (Å²) < 4.78 is 31.5. The van der Waals surface area contributed by atoms with E-state index in [-0.39, 0.29) is 30.0 Å². The quantitative estimate of drug-likeness (QED) is 0.627. The maximum Gasteiger partial charge on any atom is 0.319 e. The van der Waals surface area contributed by atoms with E-state index < -0.39 is 17.7 Å². The molecule has 3 aromatic rings. The fraction of sp³-hybridized carbons (Fsp3) is 0.238. The van der Waals surface area contributed by atoms with Crippen molar-refractivity contribution in [2.45, 2.75) is 32.0 Å². The molecule has 0 bridgehead atoms. The van der Waals surface area contributed by atoms with E-state index >= 15 is 0 Å². The first-order valence-electron chi connectivity index (χ1n) is 9.65. The number of urea groups is 1. The largest absolute Gasteiger partial charge is 0.337 e. The second kappa shape index (κ2) is 8.90. The molecule has 0 spiro atoms. The summed E-state index contributed by atoms with van der Waals surface area (Å²) in [6.07, 6.45) is 0.960. The summed E-state index contributed by atoms with van der Waals surface area (Å²) in [6.45, 7) is 0.398. The smallest absolute Gasteiger partial charge is 0.319 e. The molecule has 10 heteroatoms. The van der Waals surface area contributed by atoms with Crippen molar-refractivity contribution in [1.82, 2.24) is 20.4 Å². The van der Waals surface area contributed by atoms with Crippen LogP contribution in [0.3, 0.4) is 0 Å². The number of hydrogen-bond acceptors (Lipinski definition) is 5. The Hall–Kier alpha value is -3.82. The number of nitrogens with one attached hydrogen (secondary N) is 2. The van der Waals surface area contributed by atoms with Gasteiger partial charge in [0.1, 0.15) is 6.04 Å². The van der Waals surface area contributed by atoms with Crippen molar-refractivity contribution in [2.24, 2.45) is 0 Å². The highest BCUT2D eigenvalue weighted by Crippen LogP contribution is 2.33. The molecule has 1 saturated heterocycles. The zero-order valence-electron chi connectivity index (χ0n) is 16.3. The molecule has 1 aromatic heterocycles. The first-order chi connectivity index (χ1) is 15.0. The van der Waals surface area contributed by atoms with Crippen LogP contribution in [0.15, 0.2) is 53.1 Å². The zero-order chi connectivity index (χ0) is 21.8. The summed E-state index contributed by atoms with van der Waals surface area (Å²) in [4.78, 5) is 30.3.